The molecule has 0 aromatic heterocycles. The molecule has 1 aliphatic carbocycles. The normalized spacial score (nSPS) is 23.9. The van der Waals surface area contributed by atoms with Gasteiger partial charge in [-0.05, 0) is 12.8 Å². The Morgan fingerprint density at radius 3 is 2.45 bits per heavy atom. The lowest BCUT2D eigenvalue weighted by Gasteiger charge is -2.17. The van der Waals surface area contributed by atoms with Crippen LogP contribution in [0.3, 0.4) is 0 Å². The molecule has 1 saturated carbocycles. The van der Waals surface area contributed by atoms with Crippen molar-refractivity contribution in [2.24, 2.45) is 11.7 Å². The van der Waals surface area contributed by atoms with Crippen LogP contribution in [-0.4, -0.2) is 12.3 Å². The Labute approximate surface area is 69.2 Å². The van der Waals surface area contributed by atoms with Gasteiger partial charge in [-0.1, -0.05) is 20.3 Å². The summed E-state index contributed by atoms with van der Waals surface area (Å²) in [5.41, 5.74) is 5.37. The molecule has 2 nitrogen and oxygen atoms in total. The summed E-state index contributed by atoms with van der Waals surface area (Å²) in [5.74, 6) is 0.572. The smallest absolute Gasteiger partial charge is 0.137 e. The lowest BCUT2D eigenvalue weighted by molar-refractivity contribution is -0.124. The number of carbonyl (C=O) groups excluding carboxylic acids is 1. The van der Waals surface area contributed by atoms with E-state index in [9.17, 15) is 4.79 Å². The van der Waals surface area contributed by atoms with E-state index in [0.29, 0.717) is 12.3 Å². The fourth-order valence-electron chi connectivity index (χ4n) is 1.30. The van der Waals surface area contributed by atoms with E-state index in [0.717, 1.165) is 19.3 Å². The molecule has 2 N–H and O–H groups in total. The first-order chi connectivity index (χ1) is 5.34. The molecular weight excluding hydrogens is 138 g/mol. The minimum absolute atomic E-state index is 0.193. The quantitative estimate of drug-likeness (QED) is 0.630. The third-order valence-corrected chi connectivity index (χ3v) is 1.97. The molecule has 0 amide bonds. The van der Waals surface area contributed by atoms with Gasteiger partial charge in [0.25, 0.3) is 0 Å². The van der Waals surface area contributed by atoms with Crippen molar-refractivity contribution in [3.63, 3.8) is 0 Å². The summed E-state index contributed by atoms with van der Waals surface area (Å²) < 4.78 is 0. The van der Waals surface area contributed by atoms with Gasteiger partial charge in [0.1, 0.15) is 5.78 Å². The second-order valence-electron chi connectivity index (χ2n) is 2.64. The molecule has 66 valence electrons. The molecule has 1 rings (SSSR count). The van der Waals surface area contributed by atoms with Gasteiger partial charge >= 0.3 is 0 Å². The second-order valence-corrected chi connectivity index (χ2v) is 2.64. The predicted molar refractivity (Wildman–Crippen MR) is 47.4 cm³/mol. The van der Waals surface area contributed by atoms with Gasteiger partial charge in [-0.15, -0.1) is 0 Å². The third-order valence-electron chi connectivity index (χ3n) is 1.97. The number of rotatable bonds is 1. The fourth-order valence-corrected chi connectivity index (χ4v) is 1.30. The van der Waals surface area contributed by atoms with Gasteiger partial charge in [-0.3, -0.25) is 4.79 Å². The highest BCUT2D eigenvalue weighted by Crippen LogP contribution is 2.18. The van der Waals surface area contributed by atoms with Crippen LogP contribution in [0.4, 0.5) is 0 Å². The van der Waals surface area contributed by atoms with Crippen LogP contribution < -0.4 is 5.73 Å². The first-order valence-corrected chi connectivity index (χ1v) is 4.57. The van der Waals surface area contributed by atoms with E-state index < -0.39 is 0 Å². The average molecular weight is 157 g/mol. The fraction of sp³-hybridized carbons (Fsp3) is 0.889. The monoisotopic (exact) mass is 157 g/mol. The highest BCUT2D eigenvalue weighted by atomic mass is 16.1. The summed E-state index contributed by atoms with van der Waals surface area (Å²) in [4.78, 5) is 10.9. The van der Waals surface area contributed by atoms with Crippen LogP contribution in [0.2, 0.25) is 0 Å². The number of nitrogens with two attached hydrogens (primary N) is 1. The van der Waals surface area contributed by atoms with Crippen LogP contribution >= 0.6 is 0 Å². The molecule has 0 radical (unpaired) electrons. The first kappa shape index (κ1) is 10.6. The maximum atomic E-state index is 10.9. The molecule has 0 saturated heterocycles. The predicted octanol–water partition coefficient (Wildman–Crippen LogP) is 1.73. The Hall–Kier alpha value is -0.370. The largest absolute Gasteiger partial charge is 0.330 e. The zero-order valence-corrected chi connectivity index (χ0v) is 7.60. The van der Waals surface area contributed by atoms with Gasteiger partial charge in [0.2, 0.25) is 0 Å². The van der Waals surface area contributed by atoms with Crippen LogP contribution in [0.5, 0.6) is 0 Å². The van der Waals surface area contributed by atoms with E-state index in [1.54, 1.807) is 0 Å². The minimum Gasteiger partial charge on any atom is -0.330 e. The number of Topliss-reactive ketones (excluding diaryl/α,β-unsaturated/α-hetero) is 1. The number of hydrogen-bond acceptors (Lipinski definition) is 2. The highest BCUT2D eigenvalue weighted by Gasteiger charge is 2.19. The second kappa shape index (κ2) is 6.35. The molecule has 0 aliphatic heterocycles. The summed E-state index contributed by atoms with van der Waals surface area (Å²) in [6, 6.07) is 0. The number of hydrogen-bond donors (Lipinski definition) is 1. The molecule has 1 aliphatic rings. The van der Waals surface area contributed by atoms with Gasteiger partial charge < -0.3 is 5.73 Å². The van der Waals surface area contributed by atoms with Crippen molar-refractivity contribution in [1.82, 2.24) is 0 Å². The maximum absolute atomic E-state index is 10.9. The van der Waals surface area contributed by atoms with E-state index >= 15 is 0 Å². The molecule has 0 bridgehead atoms. The van der Waals surface area contributed by atoms with Gasteiger partial charge in [0.15, 0.2) is 0 Å². The van der Waals surface area contributed by atoms with Crippen LogP contribution in [0, 0.1) is 5.92 Å². The average Bonchev–Trinajstić information content (AvgIpc) is 2.09. The molecule has 0 aromatic rings. The summed E-state index contributed by atoms with van der Waals surface area (Å²) in [6.07, 6.45) is 4.06. The van der Waals surface area contributed by atoms with Gasteiger partial charge in [0.05, 0.1) is 0 Å². The Morgan fingerprint density at radius 1 is 1.45 bits per heavy atom. The maximum Gasteiger partial charge on any atom is 0.137 e. The number of ketones is 1. The van der Waals surface area contributed by atoms with E-state index in [1.165, 1.54) is 6.42 Å². The molecule has 0 aromatic carbocycles. The highest BCUT2D eigenvalue weighted by molar-refractivity contribution is 5.81. The SMILES string of the molecule is CC.NCC1CCCCC1=O. The van der Waals surface area contributed by atoms with Crippen molar-refractivity contribution in [2.75, 3.05) is 6.54 Å². The van der Waals surface area contributed by atoms with E-state index in [-0.39, 0.29) is 5.92 Å². The molecule has 11 heavy (non-hydrogen) atoms. The molecule has 1 atom stereocenters. The van der Waals surface area contributed by atoms with Crippen molar-refractivity contribution in [3.8, 4) is 0 Å². The molecular formula is C9H19NO. The molecule has 2 heteroatoms. The summed E-state index contributed by atoms with van der Waals surface area (Å²) in [5, 5.41) is 0. The Balaban J connectivity index is 0.000000461. The Bertz CT molecular complexity index is 112. The van der Waals surface area contributed by atoms with Gasteiger partial charge in [-0.2, -0.15) is 0 Å². The summed E-state index contributed by atoms with van der Waals surface area (Å²) in [6.45, 7) is 4.55. The van der Waals surface area contributed by atoms with Crippen LogP contribution in [0.25, 0.3) is 0 Å². The zero-order chi connectivity index (χ0) is 8.69. The first-order valence-electron chi connectivity index (χ1n) is 4.57. The molecule has 0 heterocycles. The molecule has 0 spiro atoms. The van der Waals surface area contributed by atoms with Crippen LogP contribution in [0.1, 0.15) is 39.5 Å². The minimum atomic E-state index is 0.193. The Morgan fingerprint density at radius 2 is 2.09 bits per heavy atom. The Kier molecular flexibility index (Phi) is 6.13. The number of carbonyl (C=O) groups is 1. The van der Waals surface area contributed by atoms with Crippen molar-refractivity contribution in [3.05, 3.63) is 0 Å². The van der Waals surface area contributed by atoms with E-state index in [4.69, 9.17) is 5.73 Å². The third kappa shape index (κ3) is 3.51. The van der Waals surface area contributed by atoms with Crippen molar-refractivity contribution in [1.29, 1.82) is 0 Å². The van der Waals surface area contributed by atoms with E-state index in [2.05, 4.69) is 0 Å². The van der Waals surface area contributed by atoms with Crippen LogP contribution in [0.15, 0.2) is 0 Å². The van der Waals surface area contributed by atoms with E-state index in [1.807, 2.05) is 13.8 Å². The van der Waals surface area contributed by atoms with Crippen molar-refractivity contribution >= 4 is 5.78 Å². The summed E-state index contributed by atoms with van der Waals surface area (Å²) >= 11 is 0. The lowest BCUT2D eigenvalue weighted by atomic mass is 9.88. The van der Waals surface area contributed by atoms with Crippen molar-refractivity contribution < 1.29 is 4.79 Å². The molecule has 1 fully saturated rings. The summed E-state index contributed by atoms with van der Waals surface area (Å²) in [7, 11) is 0. The van der Waals surface area contributed by atoms with Gasteiger partial charge in [-0.25, -0.2) is 0 Å². The van der Waals surface area contributed by atoms with Crippen molar-refractivity contribution in [2.45, 2.75) is 39.5 Å². The zero-order valence-electron chi connectivity index (χ0n) is 7.60. The van der Waals surface area contributed by atoms with Gasteiger partial charge in [0, 0.05) is 18.9 Å². The standard InChI is InChI=1S/C7H13NO.C2H6/c8-5-6-3-1-2-4-7(6)9;1-2/h6H,1-5,8H2;1-2H3. The lowest BCUT2D eigenvalue weighted by Crippen LogP contribution is -2.26. The van der Waals surface area contributed by atoms with Crippen LogP contribution in [-0.2, 0) is 4.79 Å². The molecule has 1 unspecified atom stereocenters. The topological polar surface area (TPSA) is 43.1 Å².